The van der Waals surface area contributed by atoms with Gasteiger partial charge in [-0.25, -0.2) is 4.79 Å². The van der Waals surface area contributed by atoms with E-state index in [0.29, 0.717) is 0 Å². The highest BCUT2D eigenvalue weighted by Gasteiger charge is 2.50. The average Bonchev–Trinajstić information content (AvgIpc) is 3.80. The molecule has 4 amide bonds. The van der Waals surface area contributed by atoms with Crippen molar-refractivity contribution in [3.8, 4) is 0 Å². The minimum Gasteiger partial charge on any atom is -0.445 e. The number of rotatable bonds is 16. The molecule has 0 aliphatic carbocycles. The van der Waals surface area contributed by atoms with E-state index >= 15 is 0 Å². The Morgan fingerprint density at radius 1 is 0.733 bits per heavy atom. The molecule has 3 aromatic carbocycles. The van der Waals surface area contributed by atoms with Crippen LogP contribution in [0, 0.1) is 0 Å². The second kappa shape index (κ2) is 15.6. The summed E-state index contributed by atoms with van der Waals surface area (Å²) in [4.78, 5) is 64.9. The summed E-state index contributed by atoms with van der Waals surface area (Å²) in [5.74, 6) is -2.24. The van der Waals surface area contributed by atoms with E-state index in [-0.39, 0.29) is 44.7 Å². The topological polar surface area (TPSA) is 169 Å². The molecule has 0 bridgehead atoms. The molecule has 11 heteroatoms. The number of hydrogen-bond donors (Lipinski definition) is 4. The predicted molar refractivity (Wildman–Crippen MR) is 165 cm³/mol. The molecule has 1 aliphatic rings. The Balaban J connectivity index is 1.50. The zero-order valence-corrected chi connectivity index (χ0v) is 25.1. The summed E-state index contributed by atoms with van der Waals surface area (Å²) in [6, 6.07) is 24.0. The van der Waals surface area contributed by atoms with Crippen LogP contribution in [0.25, 0.3) is 0 Å². The Kier molecular flexibility index (Phi) is 11.4. The Morgan fingerprint density at radius 3 is 1.71 bits per heavy atom. The van der Waals surface area contributed by atoms with Gasteiger partial charge in [0.25, 0.3) is 0 Å². The number of ether oxygens (including phenoxy) is 2. The Labute approximate surface area is 261 Å². The number of hydrogen-bond acceptors (Lipinski definition) is 7. The highest BCUT2D eigenvalue weighted by atomic mass is 16.6. The number of ketones is 1. The largest absolute Gasteiger partial charge is 0.445 e. The zero-order chi connectivity index (χ0) is 32.2. The van der Waals surface area contributed by atoms with E-state index in [1.165, 1.54) is 0 Å². The van der Waals surface area contributed by atoms with E-state index < -0.39 is 47.5 Å². The number of Topliss-reactive ketones (excluding diaryl/α,β-unsaturated/α-hetero) is 1. The highest BCUT2D eigenvalue weighted by Crippen LogP contribution is 2.29. The number of epoxide rings is 1. The van der Waals surface area contributed by atoms with E-state index in [1.54, 1.807) is 43.3 Å². The van der Waals surface area contributed by atoms with Crippen molar-refractivity contribution in [3.05, 3.63) is 108 Å². The zero-order valence-electron chi connectivity index (χ0n) is 25.1. The molecule has 0 aromatic heterocycles. The molecule has 0 spiro atoms. The third kappa shape index (κ3) is 10.3. The molecule has 236 valence electrons. The van der Waals surface area contributed by atoms with Crippen LogP contribution in [0.1, 0.15) is 36.5 Å². The maximum absolute atomic E-state index is 13.8. The van der Waals surface area contributed by atoms with Crippen molar-refractivity contribution >= 4 is 29.6 Å². The number of carbonyl (C=O) groups excluding carboxylic acids is 5. The van der Waals surface area contributed by atoms with E-state index in [0.717, 1.165) is 16.7 Å². The molecule has 0 unspecified atom stereocenters. The van der Waals surface area contributed by atoms with Gasteiger partial charge in [-0.3, -0.25) is 19.2 Å². The molecule has 4 rings (SSSR count). The molecule has 1 aliphatic heterocycles. The number of alkyl carbamates (subject to hydrolysis) is 1. The molecule has 1 fully saturated rings. The smallest absolute Gasteiger partial charge is 0.408 e. The lowest BCUT2D eigenvalue weighted by atomic mass is 9.94. The fraction of sp³-hybridized carbons (Fsp3) is 0.324. The molecule has 45 heavy (non-hydrogen) atoms. The van der Waals surface area contributed by atoms with Gasteiger partial charge in [0, 0.05) is 12.8 Å². The highest BCUT2D eigenvalue weighted by molar-refractivity contribution is 5.98. The first kappa shape index (κ1) is 32.9. The second-order valence-electron chi connectivity index (χ2n) is 11.1. The summed E-state index contributed by atoms with van der Waals surface area (Å²) < 4.78 is 10.6. The molecule has 5 N–H and O–H groups in total. The van der Waals surface area contributed by atoms with Gasteiger partial charge in [-0.05, 0) is 36.5 Å². The summed E-state index contributed by atoms with van der Waals surface area (Å²) >= 11 is 0. The summed E-state index contributed by atoms with van der Waals surface area (Å²) in [6.07, 6.45) is -0.865. The van der Waals surface area contributed by atoms with Crippen LogP contribution in [0.3, 0.4) is 0 Å². The van der Waals surface area contributed by atoms with Gasteiger partial charge in [-0.2, -0.15) is 0 Å². The molecule has 1 heterocycles. The monoisotopic (exact) mass is 614 g/mol. The third-order valence-electron chi connectivity index (χ3n) is 7.43. The van der Waals surface area contributed by atoms with Crippen LogP contribution in [-0.4, -0.2) is 59.9 Å². The fourth-order valence-electron chi connectivity index (χ4n) is 4.74. The SMILES string of the molecule is C[C@]1(C(=O)[C@H](Cc2ccccc2)NC(=O)[C@H](Cc2ccccc2)NC(=O)[C@H](CCC(N)=O)NC(=O)OCc2ccccc2)CO1. The van der Waals surface area contributed by atoms with Crippen molar-refractivity contribution in [3.63, 3.8) is 0 Å². The van der Waals surface area contributed by atoms with Crippen molar-refractivity contribution < 1.29 is 33.4 Å². The van der Waals surface area contributed by atoms with E-state index in [9.17, 15) is 24.0 Å². The molecular formula is C34H38N4O7. The fourth-order valence-corrected chi connectivity index (χ4v) is 4.74. The van der Waals surface area contributed by atoms with Crippen LogP contribution in [-0.2, 0) is 48.1 Å². The van der Waals surface area contributed by atoms with Gasteiger partial charge in [0.2, 0.25) is 17.7 Å². The quantitative estimate of drug-likeness (QED) is 0.180. The lowest BCUT2D eigenvalue weighted by Gasteiger charge is -2.26. The van der Waals surface area contributed by atoms with Crippen LogP contribution in [0.4, 0.5) is 4.79 Å². The third-order valence-corrected chi connectivity index (χ3v) is 7.43. The van der Waals surface area contributed by atoms with Crippen molar-refractivity contribution in [1.82, 2.24) is 16.0 Å². The Hall–Kier alpha value is -5.03. The van der Waals surface area contributed by atoms with Crippen molar-refractivity contribution in [2.45, 2.75) is 62.9 Å². The van der Waals surface area contributed by atoms with Crippen molar-refractivity contribution in [1.29, 1.82) is 0 Å². The minimum atomic E-state index is -1.23. The van der Waals surface area contributed by atoms with Gasteiger partial charge in [0.1, 0.15) is 24.3 Å². The number of nitrogens with two attached hydrogens (primary N) is 1. The minimum absolute atomic E-state index is 0.0324. The normalized spacial score (nSPS) is 17.2. The first-order valence-corrected chi connectivity index (χ1v) is 14.8. The van der Waals surface area contributed by atoms with Crippen LogP contribution in [0.15, 0.2) is 91.0 Å². The van der Waals surface area contributed by atoms with Gasteiger partial charge in [-0.1, -0.05) is 91.0 Å². The molecule has 3 aromatic rings. The van der Waals surface area contributed by atoms with Crippen molar-refractivity contribution in [2.75, 3.05) is 6.61 Å². The van der Waals surface area contributed by atoms with Gasteiger partial charge in [0.05, 0.1) is 12.6 Å². The van der Waals surface area contributed by atoms with Crippen molar-refractivity contribution in [2.24, 2.45) is 5.73 Å². The summed E-state index contributed by atoms with van der Waals surface area (Å²) in [5, 5.41) is 8.04. The van der Waals surface area contributed by atoms with Crippen LogP contribution in [0.5, 0.6) is 0 Å². The van der Waals surface area contributed by atoms with E-state index in [1.807, 2.05) is 54.6 Å². The Bertz CT molecular complexity index is 1460. The molecule has 4 atom stereocenters. The maximum Gasteiger partial charge on any atom is 0.408 e. The van der Waals surface area contributed by atoms with Gasteiger partial charge in [0.15, 0.2) is 5.78 Å². The van der Waals surface area contributed by atoms with Gasteiger partial charge in [-0.15, -0.1) is 0 Å². The number of amides is 4. The van der Waals surface area contributed by atoms with Gasteiger partial charge >= 0.3 is 6.09 Å². The van der Waals surface area contributed by atoms with Crippen LogP contribution in [0.2, 0.25) is 0 Å². The standard InChI is InChI=1S/C34H38N4O7/c1-34(22-45-34)30(40)27(19-23-11-5-2-6-12-23)36-32(42)28(20-24-13-7-3-8-14-24)37-31(41)26(17-18-29(35)39)38-33(43)44-21-25-15-9-4-10-16-25/h2-16,26-28H,17-22H2,1H3,(H2,35,39)(H,36,42)(H,37,41)(H,38,43)/t26-,27-,28-,34+/m0/s1. The lowest BCUT2D eigenvalue weighted by molar-refractivity contribution is -0.133. The number of carbonyl (C=O) groups is 5. The number of nitrogens with one attached hydrogen (secondary N) is 3. The summed E-state index contributed by atoms with van der Waals surface area (Å²) in [6.45, 7) is 1.90. The first-order chi connectivity index (χ1) is 21.6. The number of primary amides is 1. The maximum atomic E-state index is 13.8. The average molecular weight is 615 g/mol. The number of benzene rings is 3. The Morgan fingerprint density at radius 2 is 1.20 bits per heavy atom. The molecule has 11 nitrogen and oxygen atoms in total. The summed E-state index contributed by atoms with van der Waals surface area (Å²) in [5.41, 5.74) is 6.67. The van der Waals surface area contributed by atoms with E-state index in [2.05, 4.69) is 16.0 Å². The van der Waals surface area contributed by atoms with Gasteiger partial charge < -0.3 is 31.2 Å². The van der Waals surface area contributed by atoms with Crippen LogP contribution < -0.4 is 21.7 Å². The van der Waals surface area contributed by atoms with Crippen LogP contribution >= 0.6 is 0 Å². The van der Waals surface area contributed by atoms with E-state index in [4.69, 9.17) is 15.2 Å². The summed E-state index contributed by atoms with van der Waals surface area (Å²) in [7, 11) is 0. The molecule has 1 saturated heterocycles. The molecule has 0 saturated carbocycles. The predicted octanol–water partition coefficient (Wildman–Crippen LogP) is 2.36. The lowest BCUT2D eigenvalue weighted by Crippen LogP contribution is -2.57. The molecule has 0 radical (unpaired) electrons. The second-order valence-corrected chi connectivity index (χ2v) is 11.1. The first-order valence-electron chi connectivity index (χ1n) is 14.8. The molecular weight excluding hydrogens is 576 g/mol.